The Kier molecular flexibility index (Phi) is 10.5. The van der Waals surface area contributed by atoms with Crippen LogP contribution >= 0.6 is 23.2 Å². The van der Waals surface area contributed by atoms with Crippen molar-refractivity contribution >= 4 is 50.9 Å². The predicted octanol–water partition coefficient (Wildman–Crippen LogP) is 3.93. The number of carbonyl (C=O) groups is 2. The van der Waals surface area contributed by atoms with E-state index in [1.807, 2.05) is 13.8 Å². The maximum absolute atomic E-state index is 13.6. The Morgan fingerprint density at radius 2 is 1.64 bits per heavy atom. The average molecular weight is 562 g/mol. The quantitative estimate of drug-likeness (QED) is 0.450. The molecule has 36 heavy (non-hydrogen) atoms. The Morgan fingerprint density at radius 1 is 1.03 bits per heavy atom. The van der Waals surface area contributed by atoms with Crippen LogP contribution in [0.25, 0.3) is 0 Å². The average Bonchev–Trinajstić information content (AvgIpc) is 2.80. The van der Waals surface area contributed by atoms with E-state index in [4.69, 9.17) is 23.2 Å². The van der Waals surface area contributed by atoms with Gasteiger partial charge in [0.2, 0.25) is 11.8 Å². The third-order valence-electron chi connectivity index (χ3n) is 5.34. The van der Waals surface area contributed by atoms with Gasteiger partial charge in [0.05, 0.1) is 5.69 Å². The molecule has 0 spiro atoms. The summed E-state index contributed by atoms with van der Waals surface area (Å²) in [6, 6.07) is 8.56. The number of halogens is 3. The molecule has 2 aromatic carbocycles. The fraction of sp³-hybridized carbons (Fsp3) is 0.417. The Hall–Kier alpha value is -2.40. The molecule has 198 valence electrons. The summed E-state index contributed by atoms with van der Waals surface area (Å²) in [5.41, 5.74) is 0.626. The van der Waals surface area contributed by atoms with E-state index in [0.29, 0.717) is 22.2 Å². The summed E-state index contributed by atoms with van der Waals surface area (Å²) in [7, 11) is -1.49. The first-order valence-electron chi connectivity index (χ1n) is 11.2. The van der Waals surface area contributed by atoms with Crippen molar-refractivity contribution in [2.75, 3.05) is 31.5 Å². The largest absolute Gasteiger partial charge is 0.354 e. The molecule has 1 N–H and O–H groups in total. The van der Waals surface area contributed by atoms with Crippen molar-refractivity contribution in [2.24, 2.45) is 5.92 Å². The molecular weight excluding hydrogens is 530 g/mol. The smallest absolute Gasteiger partial charge is 0.304 e. The standard InChI is InChI=1S/C24H31Cl2FN4O4S/c1-16(2)13-28-24(33)17(3)30(14-18-6-7-19(25)12-22(18)26)23(32)15-31(36(34,35)29(4)5)21-10-8-20(27)9-11-21/h6-12,16-17H,13-15H2,1-5H3,(H,28,33). The molecule has 1 atom stereocenters. The third-order valence-corrected chi connectivity index (χ3v) is 7.75. The van der Waals surface area contributed by atoms with Gasteiger partial charge in [-0.1, -0.05) is 43.1 Å². The maximum atomic E-state index is 13.6. The summed E-state index contributed by atoms with van der Waals surface area (Å²) >= 11 is 12.3. The first kappa shape index (κ1) is 29.8. The second-order valence-electron chi connectivity index (χ2n) is 8.85. The van der Waals surface area contributed by atoms with E-state index in [0.717, 1.165) is 20.7 Å². The van der Waals surface area contributed by atoms with E-state index in [1.54, 1.807) is 19.1 Å². The topological polar surface area (TPSA) is 90.0 Å². The summed E-state index contributed by atoms with van der Waals surface area (Å²) in [5, 5.41) is 3.50. The highest BCUT2D eigenvalue weighted by Gasteiger charge is 2.33. The van der Waals surface area contributed by atoms with Crippen LogP contribution in [-0.4, -0.2) is 62.7 Å². The van der Waals surface area contributed by atoms with Crippen molar-refractivity contribution in [2.45, 2.75) is 33.4 Å². The number of nitrogens with zero attached hydrogens (tertiary/aromatic N) is 3. The molecule has 0 aromatic heterocycles. The van der Waals surface area contributed by atoms with E-state index in [9.17, 15) is 22.4 Å². The van der Waals surface area contributed by atoms with Gasteiger partial charge in [-0.05, 0) is 54.8 Å². The number of benzene rings is 2. The van der Waals surface area contributed by atoms with Gasteiger partial charge in [0.1, 0.15) is 18.4 Å². The summed E-state index contributed by atoms with van der Waals surface area (Å²) < 4.78 is 41.5. The van der Waals surface area contributed by atoms with Gasteiger partial charge in [-0.3, -0.25) is 9.59 Å². The minimum atomic E-state index is -4.13. The van der Waals surface area contributed by atoms with Crippen LogP contribution in [0.15, 0.2) is 42.5 Å². The molecule has 0 bridgehead atoms. The molecule has 0 aliphatic heterocycles. The lowest BCUT2D eigenvalue weighted by atomic mass is 10.1. The van der Waals surface area contributed by atoms with Crippen molar-refractivity contribution < 1.29 is 22.4 Å². The fourth-order valence-electron chi connectivity index (χ4n) is 3.19. The molecule has 0 aliphatic rings. The van der Waals surface area contributed by atoms with Gasteiger partial charge in [0.25, 0.3) is 0 Å². The van der Waals surface area contributed by atoms with Crippen LogP contribution in [0, 0.1) is 11.7 Å². The SMILES string of the molecule is CC(C)CNC(=O)C(C)N(Cc1ccc(Cl)cc1Cl)C(=O)CN(c1ccc(F)cc1)S(=O)(=O)N(C)C. The second kappa shape index (κ2) is 12.7. The molecule has 2 aromatic rings. The summed E-state index contributed by atoms with van der Waals surface area (Å²) in [4.78, 5) is 27.7. The van der Waals surface area contributed by atoms with E-state index in [2.05, 4.69) is 5.32 Å². The number of anilines is 1. The molecule has 1 unspecified atom stereocenters. The Balaban J connectivity index is 2.46. The number of carbonyl (C=O) groups excluding carboxylic acids is 2. The molecule has 0 saturated carbocycles. The van der Waals surface area contributed by atoms with Crippen LogP contribution < -0.4 is 9.62 Å². The van der Waals surface area contributed by atoms with Gasteiger partial charge in [0, 0.05) is 37.2 Å². The zero-order chi connectivity index (χ0) is 27.2. The molecular formula is C24H31Cl2FN4O4S. The molecule has 0 heterocycles. The van der Waals surface area contributed by atoms with Crippen LogP contribution in [0.4, 0.5) is 10.1 Å². The van der Waals surface area contributed by atoms with Crippen LogP contribution in [0.2, 0.25) is 10.0 Å². The highest BCUT2D eigenvalue weighted by molar-refractivity contribution is 7.90. The van der Waals surface area contributed by atoms with Gasteiger partial charge < -0.3 is 10.2 Å². The first-order chi connectivity index (χ1) is 16.7. The van der Waals surface area contributed by atoms with Gasteiger partial charge in [-0.25, -0.2) is 8.70 Å². The number of hydrogen-bond donors (Lipinski definition) is 1. The Bertz CT molecular complexity index is 1180. The zero-order valence-corrected chi connectivity index (χ0v) is 23.2. The number of nitrogens with one attached hydrogen (secondary N) is 1. The monoisotopic (exact) mass is 560 g/mol. The normalized spacial score (nSPS) is 12.5. The predicted molar refractivity (Wildman–Crippen MR) is 141 cm³/mol. The van der Waals surface area contributed by atoms with E-state index >= 15 is 0 Å². The van der Waals surface area contributed by atoms with Gasteiger partial charge >= 0.3 is 10.2 Å². The zero-order valence-electron chi connectivity index (χ0n) is 20.8. The second-order valence-corrected chi connectivity index (χ2v) is 11.8. The van der Waals surface area contributed by atoms with Gasteiger partial charge in [-0.2, -0.15) is 12.7 Å². The fourth-order valence-corrected chi connectivity index (χ4v) is 4.72. The molecule has 0 aliphatic carbocycles. The number of amides is 2. The van der Waals surface area contributed by atoms with Crippen molar-refractivity contribution in [1.29, 1.82) is 0 Å². The lowest BCUT2D eigenvalue weighted by Crippen LogP contribution is -2.52. The maximum Gasteiger partial charge on any atom is 0.304 e. The molecule has 0 fully saturated rings. The lowest BCUT2D eigenvalue weighted by Gasteiger charge is -2.33. The van der Waals surface area contributed by atoms with Crippen LogP contribution in [0.5, 0.6) is 0 Å². The molecule has 12 heteroatoms. The molecule has 2 rings (SSSR count). The van der Waals surface area contributed by atoms with Crippen molar-refractivity contribution in [3.05, 3.63) is 63.9 Å². The van der Waals surface area contributed by atoms with Gasteiger partial charge in [-0.15, -0.1) is 0 Å². The first-order valence-corrected chi connectivity index (χ1v) is 13.4. The van der Waals surface area contributed by atoms with Crippen molar-refractivity contribution in [1.82, 2.24) is 14.5 Å². The van der Waals surface area contributed by atoms with E-state index < -0.39 is 40.4 Å². The highest BCUT2D eigenvalue weighted by Crippen LogP contribution is 2.25. The Morgan fingerprint density at radius 3 is 2.17 bits per heavy atom. The third kappa shape index (κ3) is 7.80. The van der Waals surface area contributed by atoms with Crippen LogP contribution in [0.3, 0.4) is 0 Å². The number of hydrogen-bond acceptors (Lipinski definition) is 4. The molecule has 8 nitrogen and oxygen atoms in total. The highest BCUT2D eigenvalue weighted by atomic mass is 35.5. The summed E-state index contributed by atoms with van der Waals surface area (Å²) in [6.07, 6.45) is 0. The lowest BCUT2D eigenvalue weighted by molar-refractivity contribution is -0.139. The van der Waals surface area contributed by atoms with Crippen LogP contribution in [0.1, 0.15) is 26.3 Å². The minimum Gasteiger partial charge on any atom is -0.354 e. The molecule has 0 saturated heterocycles. The van der Waals surface area contributed by atoms with E-state index in [-0.39, 0.29) is 18.2 Å². The van der Waals surface area contributed by atoms with Crippen LogP contribution in [-0.2, 0) is 26.3 Å². The molecule has 0 radical (unpaired) electrons. The Labute approximate surface area is 222 Å². The minimum absolute atomic E-state index is 0.0651. The molecule has 2 amide bonds. The summed E-state index contributed by atoms with van der Waals surface area (Å²) in [5.74, 6) is -1.41. The number of rotatable bonds is 11. The summed E-state index contributed by atoms with van der Waals surface area (Å²) in [6.45, 7) is 5.15. The van der Waals surface area contributed by atoms with E-state index in [1.165, 1.54) is 37.2 Å². The van der Waals surface area contributed by atoms with Crippen molar-refractivity contribution in [3.8, 4) is 0 Å². The van der Waals surface area contributed by atoms with Gasteiger partial charge in [0.15, 0.2) is 0 Å². The van der Waals surface area contributed by atoms with Crippen molar-refractivity contribution in [3.63, 3.8) is 0 Å².